The van der Waals surface area contributed by atoms with Crippen molar-refractivity contribution in [3.8, 4) is 5.75 Å². The van der Waals surface area contributed by atoms with Gasteiger partial charge in [-0.1, -0.05) is 12.1 Å². The second kappa shape index (κ2) is 9.29. The first-order valence-electron chi connectivity index (χ1n) is 9.64. The first-order chi connectivity index (χ1) is 15.1. The van der Waals surface area contributed by atoms with E-state index < -0.39 is 35.4 Å². The fourth-order valence-corrected chi connectivity index (χ4v) is 3.45. The lowest BCUT2D eigenvalue weighted by molar-refractivity contribution is -0.137. The van der Waals surface area contributed by atoms with E-state index in [9.17, 15) is 27.6 Å². The summed E-state index contributed by atoms with van der Waals surface area (Å²) in [5.74, 6) is -1.82. The molecule has 0 spiro atoms. The fourth-order valence-electron chi connectivity index (χ4n) is 3.45. The number of rotatable bonds is 6. The van der Waals surface area contributed by atoms with Crippen molar-refractivity contribution in [2.45, 2.75) is 19.1 Å². The number of benzene rings is 2. The van der Waals surface area contributed by atoms with Gasteiger partial charge in [0, 0.05) is 25.2 Å². The number of nitrogens with one attached hydrogen (secondary N) is 1. The Kier molecular flexibility index (Phi) is 6.71. The highest BCUT2D eigenvalue weighted by Crippen LogP contribution is 2.33. The van der Waals surface area contributed by atoms with Gasteiger partial charge in [0.2, 0.25) is 11.8 Å². The van der Waals surface area contributed by atoms with Crippen LogP contribution in [0.4, 0.5) is 18.9 Å². The average Bonchev–Trinajstić information content (AvgIpc) is 3.18. The van der Waals surface area contributed by atoms with Gasteiger partial charge in [-0.25, -0.2) is 4.79 Å². The minimum atomic E-state index is -4.53. The smallest absolute Gasteiger partial charge is 0.416 e. The van der Waals surface area contributed by atoms with Crippen LogP contribution in [0, 0.1) is 5.92 Å². The Hall–Kier alpha value is -3.56. The molecule has 1 saturated heterocycles. The number of hydrogen-bond donors (Lipinski definition) is 1. The molecule has 0 aromatic heterocycles. The summed E-state index contributed by atoms with van der Waals surface area (Å²) in [6.45, 7) is 0.0586. The number of hydrogen-bond acceptors (Lipinski definition) is 5. The molecule has 7 nitrogen and oxygen atoms in total. The first kappa shape index (κ1) is 23.1. The fraction of sp³-hybridized carbons (Fsp3) is 0.318. The zero-order valence-corrected chi connectivity index (χ0v) is 17.4. The molecule has 2 aromatic carbocycles. The molecule has 1 fully saturated rings. The summed E-state index contributed by atoms with van der Waals surface area (Å²) in [6, 6.07) is 9.21. The molecule has 1 heterocycles. The maximum atomic E-state index is 13.0. The van der Waals surface area contributed by atoms with Gasteiger partial charge in [-0.15, -0.1) is 0 Å². The van der Waals surface area contributed by atoms with Gasteiger partial charge in [0.25, 0.3) is 0 Å². The number of alkyl halides is 3. The predicted molar refractivity (Wildman–Crippen MR) is 108 cm³/mol. The Bertz CT molecular complexity index is 1040. The molecule has 1 aliphatic heterocycles. The van der Waals surface area contributed by atoms with Gasteiger partial charge in [0.05, 0.1) is 25.7 Å². The molecule has 1 aliphatic rings. The third-order valence-electron chi connectivity index (χ3n) is 5.12. The van der Waals surface area contributed by atoms with Crippen molar-refractivity contribution >= 4 is 23.5 Å². The van der Waals surface area contributed by atoms with E-state index in [1.807, 2.05) is 0 Å². The second-order valence-electron chi connectivity index (χ2n) is 7.20. The molecule has 10 heteroatoms. The van der Waals surface area contributed by atoms with Gasteiger partial charge < -0.3 is 19.7 Å². The van der Waals surface area contributed by atoms with Crippen LogP contribution in [0.3, 0.4) is 0 Å². The molecule has 32 heavy (non-hydrogen) atoms. The number of anilines is 1. The summed E-state index contributed by atoms with van der Waals surface area (Å²) >= 11 is 0. The van der Waals surface area contributed by atoms with Crippen LogP contribution in [-0.4, -0.2) is 38.5 Å². The lowest BCUT2D eigenvalue weighted by Gasteiger charge is -2.18. The highest BCUT2D eigenvalue weighted by molar-refractivity contribution is 6.00. The van der Waals surface area contributed by atoms with Crippen LogP contribution in [0.2, 0.25) is 0 Å². The summed E-state index contributed by atoms with van der Waals surface area (Å²) in [7, 11) is 2.65. The largest absolute Gasteiger partial charge is 0.496 e. The molecule has 0 radical (unpaired) electrons. The Labute approximate surface area is 182 Å². The van der Waals surface area contributed by atoms with E-state index in [4.69, 9.17) is 9.47 Å². The standard InChI is InChI=1S/C22H21F3N2O5/c1-31-18-7-6-13(8-17(18)21(30)32-2)11-26-20(29)14-9-19(28)27(12-14)16-5-3-4-15(10-16)22(23,24)25/h3-8,10,14H,9,11-12H2,1-2H3,(H,26,29). The number of nitrogens with zero attached hydrogens (tertiary/aromatic N) is 1. The van der Waals surface area contributed by atoms with Crippen molar-refractivity contribution in [3.63, 3.8) is 0 Å². The molecule has 0 aliphatic carbocycles. The third kappa shape index (κ3) is 5.01. The van der Waals surface area contributed by atoms with Crippen LogP contribution < -0.4 is 15.0 Å². The number of amides is 2. The third-order valence-corrected chi connectivity index (χ3v) is 5.12. The Morgan fingerprint density at radius 2 is 1.91 bits per heavy atom. The number of halogens is 3. The normalized spacial score (nSPS) is 16.1. The number of carbonyl (C=O) groups excluding carboxylic acids is 3. The Morgan fingerprint density at radius 1 is 1.16 bits per heavy atom. The molecule has 3 rings (SSSR count). The number of carbonyl (C=O) groups is 3. The van der Waals surface area contributed by atoms with Crippen LogP contribution in [-0.2, 0) is 27.0 Å². The topological polar surface area (TPSA) is 84.9 Å². The molecular formula is C22H21F3N2O5. The summed E-state index contributed by atoms with van der Waals surface area (Å²) in [5.41, 5.74) is 0.0433. The molecule has 170 valence electrons. The van der Waals surface area contributed by atoms with Crippen molar-refractivity contribution < 1.29 is 37.0 Å². The highest BCUT2D eigenvalue weighted by Gasteiger charge is 2.36. The van der Waals surface area contributed by atoms with E-state index in [1.54, 1.807) is 12.1 Å². The zero-order chi connectivity index (χ0) is 23.5. The van der Waals surface area contributed by atoms with E-state index in [0.29, 0.717) is 11.3 Å². The molecular weight excluding hydrogens is 429 g/mol. The summed E-state index contributed by atoms with van der Waals surface area (Å²) in [4.78, 5) is 38.0. The monoisotopic (exact) mass is 450 g/mol. The van der Waals surface area contributed by atoms with E-state index in [1.165, 1.54) is 37.3 Å². The molecule has 1 unspecified atom stereocenters. The van der Waals surface area contributed by atoms with Crippen molar-refractivity contribution in [2.24, 2.45) is 5.92 Å². The van der Waals surface area contributed by atoms with E-state index in [0.717, 1.165) is 12.1 Å². The first-order valence-corrected chi connectivity index (χ1v) is 9.64. The molecule has 2 amide bonds. The van der Waals surface area contributed by atoms with Gasteiger partial charge in [-0.3, -0.25) is 9.59 Å². The second-order valence-corrected chi connectivity index (χ2v) is 7.20. The van der Waals surface area contributed by atoms with Gasteiger partial charge in [-0.05, 0) is 35.9 Å². The van der Waals surface area contributed by atoms with Gasteiger partial charge >= 0.3 is 12.1 Å². The van der Waals surface area contributed by atoms with Crippen LogP contribution in [0.5, 0.6) is 5.75 Å². The number of esters is 1. The quantitative estimate of drug-likeness (QED) is 0.684. The van der Waals surface area contributed by atoms with E-state index in [-0.39, 0.29) is 30.8 Å². The minimum Gasteiger partial charge on any atom is -0.496 e. The molecule has 1 atom stereocenters. The Balaban J connectivity index is 1.66. The van der Waals surface area contributed by atoms with Gasteiger partial charge in [0.15, 0.2) is 0 Å². The summed E-state index contributed by atoms with van der Waals surface area (Å²) in [5, 5.41) is 2.70. The molecule has 0 bridgehead atoms. The van der Waals surface area contributed by atoms with Crippen LogP contribution in [0.15, 0.2) is 42.5 Å². The number of ether oxygens (including phenoxy) is 2. The predicted octanol–water partition coefficient (Wildman–Crippen LogP) is 3.17. The van der Waals surface area contributed by atoms with Crippen LogP contribution in [0.25, 0.3) is 0 Å². The molecule has 0 saturated carbocycles. The highest BCUT2D eigenvalue weighted by atomic mass is 19.4. The van der Waals surface area contributed by atoms with Crippen molar-refractivity contribution in [3.05, 3.63) is 59.2 Å². The van der Waals surface area contributed by atoms with E-state index in [2.05, 4.69) is 5.32 Å². The molecule has 2 aromatic rings. The van der Waals surface area contributed by atoms with Gasteiger partial charge in [0.1, 0.15) is 11.3 Å². The summed E-state index contributed by atoms with van der Waals surface area (Å²) < 4.78 is 48.7. The number of methoxy groups -OCH3 is 2. The maximum absolute atomic E-state index is 13.0. The van der Waals surface area contributed by atoms with Crippen molar-refractivity contribution in [2.75, 3.05) is 25.7 Å². The Morgan fingerprint density at radius 3 is 2.56 bits per heavy atom. The van der Waals surface area contributed by atoms with E-state index >= 15 is 0 Å². The average molecular weight is 450 g/mol. The van der Waals surface area contributed by atoms with Crippen molar-refractivity contribution in [1.82, 2.24) is 5.32 Å². The molecule has 1 N–H and O–H groups in total. The maximum Gasteiger partial charge on any atom is 0.416 e. The summed E-state index contributed by atoms with van der Waals surface area (Å²) in [6.07, 6.45) is -4.64. The van der Waals surface area contributed by atoms with Crippen LogP contribution >= 0.6 is 0 Å². The van der Waals surface area contributed by atoms with Crippen molar-refractivity contribution in [1.29, 1.82) is 0 Å². The lowest BCUT2D eigenvalue weighted by Crippen LogP contribution is -2.32. The zero-order valence-electron chi connectivity index (χ0n) is 17.4. The van der Waals surface area contributed by atoms with Crippen LogP contribution in [0.1, 0.15) is 27.9 Å². The minimum absolute atomic E-state index is 0.0258. The SMILES string of the molecule is COC(=O)c1cc(CNC(=O)C2CC(=O)N(c3cccc(C(F)(F)F)c3)C2)ccc1OC. The van der Waals surface area contributed by atoms with Gasteiger partial charge in [-0.2, -0.15) is 13.2 Å². The lowest BCUT2D eigenvalue weighted by atomic mass is 10.1.